The van der Waals surface area contributed by atoms with Crippen molar-refractivity contribution in [1.29, 1.82) is 0 Å². The zero-order valence-electron chi connectivity index (χ0n) is 18.2. The molecule has 1 unspecified atom stereocenters. The second kappa shape index (κ2) is 11.9. The quantitative estimate of drug-likeness (QED) is 0.332. The number of hydrogen-bond acceptors (Lipinski definition) is 4. The summed E-state index contributed by atoms with van der Waals surface area (Å²) in [7, 11) is 5.20. The molecule has 6 nitrogen and oxygen atoms in total. The SMILES string of the molecule is CCOc1ccc(CNC(=NC)N2CCC(c3ccc(OC)cc3)C2)cc1OC.I. The predicted octanol–water partition coefficient (Wildman–Crippen LogP) is 4.29. The Morgan fingerprint density at radius 3 is 2.50 bits per heavy atom. The summed E-state index contributed by atoms with van der Waals surface area (Å²) in [5.41, 5.74) is 2.47. The zero-order valence-corrected chi connectivity index (χ0v) is 20.5. The van der Waals surface area contributed by atoms with Gasteiger partial charge >= 0.3 is 0 Å². The highest BCUT2D eigenvalue weighted by molar-refractivity contribution is 14.0. The van der Waals surface area contributed by atoms with Gasteiger partial charge in [-0.2, -0.15) is 0 Å². The third kappa shape index (κ3) is 5.93. The van der Waals surface area contributed by atoms with E-state index in [4.69, 9.17) is 14.2 Å². The van der Waals surface area contributed by atoms with Gasteiger partial charge in [0.2, 0.25) is 0 Å². The van der Waals surface area contributed by atoms with E-state index in [1.54, 1.807) is 14.2 Å². The van der Waals surface area contributed by atoms with Crippen molar-refractivity contribution in [3.05, 3.63) is 53.6 Å². The van der Waals surface area contributed by atoms with Crippen molar-refractivity contribution < 1.29 is 14.2 Å². The van der Waals surface area contributed by atoms with E-state index < -0.39 is 0 Å². The smallest absolute Gasteiger partial charge is 0.193 e. The summed E-state index contributed by atoms with van der Waals surface area (Å²) in [6, 6.07) is 14.4. The van der Waals surface area contributed by atoms with Crippen molar-refractivity contribution in [2.75, 3.05) is 41.0 Å². The van der Waals surface area contributed by atoms with Crippen LogP contribution >= 0.6 is 24.0 Å². The number of aliphatic imine (C=N–C) groups is 1. The fraction of sp³-hybridized carbons (Fsp3) is 0.435. The first kappa shape index (κ1) is 24.1. The molecule has 0 bridgehead atoms. The lowest BCUT2D eigenvalue weighted by molar-refractivity contribution is 0.310. The Kier molecular flexibility index (Phi) is 9.55. The Morgan fingerprint density at radius 2 is 1.87 bits per heavy atom. The molecule has 1 saturated heterocycles. The minimum absolute atomic E-state index is 0. The van der Waals surface area contributed by atoms with E-state index >= 15 is 0 Å². The molecule has 2 aromatic rings. The average molecular weight is 525 g/mol. The second-order valence-corrected chi connectivity index (χ2v) is 7.02. The fourth-order valence-electron chi connectivity index (χ4n) is 3.71. The third-order valence-corrected chi connectivity index (χ3v) is 5.27. The zero-order chi connectivity index (χ0) is 20.6. The molecule has 7 heteroatoms. The van der Waals surface area contributed by atoms with E-state index in [2.05, 4.69) is 33.4 Å². The first-order valence-electron chi connectivity index (χ1n) is 10.1. The van der Waals surface area contributed by atoms with Crippen LogP contribution in [0.2, 0.25) is 0 Å². The molecule has 1 atom stereocenters. The lowest BCUT2D eigenvalue weighted by atomic mass is 9.98. The molecule has 30 heavy (non-hydrogen) atoms. The molecule has 0 aromatic heterocycles. The van der Waals surface area contributed by atoms with E-state index in [9.17, 15) is 0 Å². The van der Waals surface area contributed by atoms with Crippen molar-refractivity contribution >= 4 is 29.9 Å². The van der Waals surface area contributed by atoms with Gasteiger partial charge in [-0.25, -0.2) is 0 Å². The minimum atomic E-state index is 0. The molecule has 164 valence electrons. The van der Waals surface area contributed by atoms with Crippen LogP contribution in [0.5, 0.6) is 17.2 Å². The average Bonchev–Trinajstić information content (AvgIpc) is 3.25. The largest absolute Gasteiger partial charge is 0.497 e. The van der Waals surface area contributed by atoms with Gasteiger partial charge in [-0.3, -0.25) is 4.99 Å². The Hall–Kier alpha value is -2.16. The van der Waals surface area contributed by atoms with Crippen LogP contribution in [0.15, 0.2) is 47.5 Å². The van der Waals surface area contributed by atoms with E-state index in [-0.39, 0.29) is 24.0 Å². The molecule has 0 radical (unpaired) electrons. The summed E-state index contributed by atoms with van der Waals surface area (Å²) in [4.78, 5) is 6.81. The van der Waals surface area contributed by atoms with Crippen molar-refractivity contribution in [2.24, 2.45) is 4.99 Å². The molecule has 1 aliphatic rings. The monoisotopic (exact) mass is 525 g/mol. The van der Waals surface area contributed by atoms with Crippen molar-refractivity contribution in [2.45, 2.75) is 25.8 Å². The van der Waals surface area contributed by atoms with Gasteiger partial charge in [-0.05, 0) is 48.7 Å². The van der Waals surface area contributed by atoms with E-state index in [1.807, 2.05) is 38.2 Å². The highest BCUT2D eigenvalue weighted by Gasteiger charge is 2.26. The van der Waals surface area contributed by atoms with E-state index in [0.29, 0.717) is 19.1 Å². The van der Waals surface area contributed by atoms with Crippen LogP contribution in [0.4, 0.5) is 0 Å². The maximum atomic E-state index is 5.59. The molecule has 3 rings (SSSR count). The molecule has 0 aliphatic carbocycles. The number of guanidine groups is 1. The molecular weight excluding hydrogens is 493 g/mol. The second-order valence-electron chi connectivity index (χ2n) is 7.02. The van der Waals surface area contributed by atoms with Crippen molar-refractivity contribution in [3.63, 3.8) is 0 Å². The highest BCUT2D eigenvalue weighted by Crippen LogP contribution is 2.29. The first-order chi connectivity index (χ1) is 14.2. The number of ether oxygens (including phenoxy) is 3. The number of rotatable bonds is 7. The minimum Gasteiger partial charge on any atom is -0.497 e. The van der Waals surface area contributed by atoms with Crippen molar-refractivity contribution in [3.8, 4) is 17.2 Å². The molecule has 1 N–H and O–H groups in total. The van der Waals surface area contributed by atoms with Gasteiger partial charge in [0.1, 0.15) is 5.75 Å². The molecule has 1 aliphatic heterocycles. The van der Waals surface area contributed by atoms with Gasteiger partial charge in [0.25, 0.3) is 0 Å². The van der Waals surface area contributed by atoms with Crippen LogP contribution in [-0.4, -0.2) is 51.8 Å². The van der Waals surface area contributed by atoms with Gasteiger partial charge in [0.15, 0.2) is 17.5 Å². The lowest BCUT2D eigenvalue weighted by Gasteiger charge is -2.22. The molecular formula is C23H32IN3O3. The number of nitrogens with zero attached hydrogens (tertiary/aromatic N) is 2. The van der Waals surface area contributed by atoms with Gasteiger partial charge in [-0.15, -0.1) is 24.0 Å². The number of hydrogen-bond donors (Lipinski definition) is 1. The van der Waals surface area contributed by atoms with Gasteiger partial charge < -0.3 is 24.4 Å². The standard InChI is InChI=1S/C23H31N3O3.HI/c1-5-29-21-11-6-17(14-22(21)28-4)15-25-23(24-2)26-13-12-19(16-26)18-7-9-20(27-3)10-8-18;/h6-11,14,19H,5,12-13,15-16H2,1-4H3,(H,24,25);1H. The number of halogens is 1. The third-order valence-electron chi connectivity index (χ3n) is 5.27. The highest BCUT2D eigenvalue weighted by atomic mass is 127. The summed E-state index contributed by atoms with van der Waals surface area (Å²) in [6.45, 7) is 5.21. The number of methoxy groups -OCH3 is 2. The summed E-state index contributed by atoms with van der Waals surface area (Å²) in [6.07, 6.45) is 1.11. The number of benzene rings is 2. The van der Waals surface area contributed by atoms with Crippen LogP contribution in [0.25, 0.3) is 0 Å². The van der Waals surface area contributed by atoms with Gasteiger partial charge in [-0.1, -0.05) is 18.2 Å². The maximum absolute atomic E-state index is 5.59. The Morgan fingerprint density at radius 1 is 1.10 bits per heavy atom. The molecule has 0 amide bonds. The van der Waals surface area contributed by atoms with E-state index in [1.165, 1.54) is 5.56 Å². The Bertz CT molecular complexity index is 827. The molecule has 1 heterocycles. The predicted molar refractivity (Wildman–Crippen MR) is 132 cm³/mol. The summed E-state index contributed by atoms with van der Waals surface area (Å²) in [5.74, 6) is 3.85. The normalized spacial score (nSPS) is 16.1. The molecule has 1 fully saturated rings. The van der Waals surface area contributed by atoms with Crippen molar-refractivity contribution in [1.82, 2.24) is 10.2 Å². The van der Waals surface area contributed by atoms with Crippen LogP contribution in [0.3, 0.4) is 0 Å². The summed E-state index contributed by atoms with van der Waals surface area (Å²) < 4.78 is 16.3. The fourth-order valence-corrected chi connectivity index (χ4v) is 3.71. The first-order valence-corrected chi connectivity index (χ1v) is 10.1. The lowest BCUT2D eigenvalue weighted by Crippen LogP contribution is -2.39. The Labute approximate surface area is 196 Å². The van der Waals surface area contributed by atoms with Crippen LogP contribution in [0, 0.1) is 0 Å². The summed E-state index contributed by atoms with van der Waals surface area (Å²) in [5, 5.41) is 3.48. The topological polar surface area (TPSA) is 55.3 Å². The molecule has 0 spiro atoms. The molecule has 0 saturated carbocycles. The molecule has 2 aromatic carbocycles. The van der Waals surface area contributed by atoms with Gasteiger partial charge in [0, 0.05) is 32.6 Å². The van der Waals surface area contributed by atoms with E-state index in [0.717, 1.165) is 48.3 Å². The maximum Gasteiger partial charge on any atom is 0.193 e. The van der Waals surface area contributed by atoms with Crippen LogP contribution in [0.1, 0.15) is 30.4 Å². The Balaban J connectivity index is 0.00000320. The summed E-state index contributed by atoms with van der Waals surface area (Å²) >= 11 is 0. The van der Waals surface area contributed by atoms with Gasteiger partial charge in [0.05, 0.1) is 20.8 Å². The van der Waals surface area contributed by atoms with Crippen LogP contribution in [-0.2, 0) is 6.54 Å². The number of likely N-dealkylation sites (tertiary alicyclic amines) is 1. The van der Waals surface area contributed by atoms with Crippen LogP contribution < -0.4 is 19.5 Å². The number of nitrogens with one attached hydrogen (secondary N) is 1.